The van der Waals surface area contributed by atoms with Crippen molar-refractivity contribution in [1.29, 1.82) is 0 Å². The van der Waals surface area contributed by atoms with Crippen LogP contribution in [0.4, 0.5) is 4.39 Å². The van der Waals surface area contributed by atoms with Crippen LogP contribution >= 0.6 is 11.6 Å². The predicted molar refractivity (Wildman–Crippen MR) is 122 cm³/mol. The Morgan fingerprint density at radius 1 is 0.862 bits per heavy atom. The third-order valence-corrected chi connectivity index (χ3v) is 8.98. The lowest BCUT2D eigenvalue weighted by Gasteiger charge is -2.45. The largest absolute Gasteiger partial charge is 0.205 e. The zero-order valence-corrected chi connectivity index (χ0v) is 19.2. The Kier molecular flexibility index (Phi) is 7.59. The monoisotopic (exact) mass is 418 g/mol. The summed E-state index contributed by atoms with van der Waals surface area (Å²) in [6.07, 6.45) is 20.5. The van der Waals surface area contributed by atoms with E-state index in [0.29, 0.717) is 5.02 Å². The molecule has 2 fully saturated rings. The summed E-state index contributed by atoms with van der Waals surface area (Å²) in [5.41, 5.74) is 2.14. The number of hydrogen-bond donors (Lipinski definition) is 0. The molecule has 162 valence electrons. The van der Waals surface area contributed by atoms with Crippen molar-refractivity contribution in [2.24, 2.45) is 29.6 Å². The molecule has 0 aromatic heterocycles. The van der Waals surface area contributed by atoms with Gasteiger partial charge in [0.1, 0.15) is 5.82 Å². The summed E-state index contributed by atoms with van der Waals surface area (Å²) in [6.45, 7) is 2.30. The van der Waals surface area contributed by atoms with Crippen molar-refractivity contribution in [2.75, 3.05) is 0 Å². The highest BCUT2D eigenvalue weighted by Gasteiger charge is 2.38. The average molecular weight is 419 g/mol. The number of unbranched alkanes of at least 4 members (excludes halogenated alkanes) is 4. The third kappa shape index (κ3) is 5.20. The Labute approximate surface area is 183 Å². The fourth-order valence-corrected chi connectivity index (χ4v) is 7.14. The lowest BCUT2D eigenvalue weighted by molar-refractivity contribution is 0.0688. The maximum atomic E-state index is 14.3. The van der Waals surface area contributed by atoms with Crippen molar-refractivity contribution in [3.8, 4) is 0 Å². The van der Waals surface area contributed by atoms with E-state index >= 15 is 0 Å². The number of benzene rings is 1. The van der Waals surface area contributed by atoms with Crippen molar-refractivity contribution in [3.05, 3.63) is 34.1 Å². The van der Waals surface area contributed by atoms with E-state index < -0.39 is 0 Å². The van der Waals surface area contributed by atoms with Crippen LogP contribution in [0.15, 0.2) is 12.1 Å². The number of hydrogen-bond acceptors (Lipinski definition) is 0. The highest BCUT2D eigenvalue weighted by atomic mass is 35.5. The van der Waals surface area contributed by atoms with Crippen molar-refractivity contribution in [3.63, 3.8) is 0 Å². The average Bonchev–Trinajstić information content (AvgIpc) is 2.75. The molecule has 3 aliphatic rings. The van der Waals surface area contributed by atoms with Crippen LogP contribution < -0.4 is 0 Å². The van der Waals surface area contributed by atoms with E-state index in [9.17, 15) is 4.39 Å². The van der Waals surface area contributed by atoms with E-state index in [2.05, 4.69) is 13.0 Å². The van der Waals surface area contributed by atoms with Crippen LogP contribution in [0.2, 0.25) is 5.02 Å². The zero-order valence-electron chi connectivity index (χ0n) is 18.4. The van der Waals surface area contributed by atoms with E-state index in [-0.39, 0.29) is 5.82 Å². The summed E-state index contributed by atoms with van der Waals surface area (Å²) in [6, 6.07) is 3.85. The lowest BCUT2D eigenvalue weighted by Crippen LogP contribution is -2.35. The van der Waals surface area contributed by atoms with Crippen molar-refractivity contribution >= 4 is 11.6 Å². The molecule has 0 heterocycles. The minimum absolute atomic E-state index is 0.153. The molecule has 0 amide bonds. The van der Waals surface area contributed by atoms with E-state index in [1.165, 1.54) is 82.6 Å². The Bertz CT molecular complexity index is 669. The molecule has 0 saturated heterocycles. The SMILES string of the molecule is CCCCCCCC1CCC2CC(C3CCc4c(ccc(Cl)c4F)C3)CCC2C1. The van der Waals surface area contributed by atoms with E-state index in [1.54, 1.807) is 6.07 Å². The Morgan fingerprint density at radius 2 is 1.59 bits per heavy atom. The zero-order chi connectivity index (χ0) is 20.2. The van der Waals surface area contributed by atoms with Crippen LogP contribution in [0.3, 0.4) is 0 Å². The van der Waals surface area contributed by atoms with Gasteiger partial charge in [0.15, 0.2) is 0 Å². The van der Waals surface area contributed by atoms with E-state index in [4.69, 9.17) is 11.6 Å². The summed E-state index contributed by atoms with van der Waals surface area (Å²) in [5, 5.41) is 0.296. The van der Waals surface area contributed by atoms with Gasteiger partial charge in [-0.1, -0.05) is 69.5 Å². The highest BCUT2D eigenvalue weighted by Crippen LogP contribution is 2.49. The van der Waals surface area contributed by atoms with Crippen LogP contribution in [-0.4, -0.2) is 0 Å². The van der Waals surface area contributed by atoms with Gasteiger partial charge >= 0.3 is 0 Å². The second kappa shape index (κ2) is 10.2. The first-order chi connectivity index (χ1) is 14.2. The van der Waals surface area contributed by atoms with Gasteiger partial charge in [0, 0.05) is 0 Å². The molecule has 5 unspecified atom stereocenters. The smallest absolute Gasteiger partial charge is 0.145 e. The molecule has 0 bridgehead atoms. The van der Waals surface area contributed by atoms with Gasteiger partial charge in [0.25, 0.3) is 0 Å². The molecule has 0 N–H and O–H groups in total. The fraction of sp³-hybridized carbons (Fsp3) is 0.778. The number of halogens is 2. The van der Waals surface area contributed by atoms with Crippen LogP contribution in [0.5, 0.6) is 0 Å². The first-order valence-corrected chi connectivity index (χ1v) is 13.0. The topological polar surface area (TPSA) is 0 Å². The molecule has 0 spiro atoms. The fourth-order valence-electron chi connectivity index (χ4n) is 6.96. The summed E-state index contributed by atoms with van der Waals surface area (Å²) in [5.74, 6) is 4.48. The third-order valence-electron chi connectivity index (χ3n) is 8.69. The van der Waals surface area contributed by atoms with Gasteiger partial charge in [-0.25, -0.2) is 4.39 Å². The molecular weight excluding hydrogens is 379 g/mol. The first kappa shape index (κ1) is 21.7. The molecule has 1 aromatic rings. The second-order valence-corrected chi connectivity index (χ2v) is 10.9. The molecule has 1 aromatic carbocycles. The molecular formula is C27H40ClF. The summed E-state index contributed by atoms with van der Waals surface area (Å²) in [7, 11) is 0. The maximum Gasteiger partial charge on any atom is 0.145 e. The van der Waals surface area contributed by atoms with Crippen molar-refractivity contribution in [2.45, 2.75) is 103 Å². The van der Waals surface area contributed by atoms with Gasteiger partial charge < -0.3 is 0 Å². The van der Waals surface area contributed by atoms with Crippen molar-refractivity contribution in [1.82, 2.24) is 0 Å². The Hall–Kier alpha value is -0.560. The Balaban J connectivity index is 1.26. The van der Waals surface area contributed by atoms with Gasteiger partial charge in [-0.3, -0.25) is 0 Å². The van der Waals surface area contributed by atoms with Crippen molar-refractivity contribution < 1.29 is 4.39 Å². The molecule has 2 saturated carbocycles. The summed E-state index contributed by atoms with van der Waals surface area (Å²) >= 11 is 6.00. The molecule has 3 aliphatic carbocycles. The predicted octanol–water partition coefficient (Wildman–Crippen LogP) is 8.78. The second-order valence-electron chi connectivity index (χ2n) is 10.5. The maximum absolute atomic E-state index is 14.3. The Morgan fingerprint density at radius 3 is 2.41 bits per heavy atom. The standard InChI is InChI=1S/C27H40ClF/c1-2-3-4-5-6-7-19-8-9-21-17-22(11-10-20(21)16-19)23-12-14-25-24(18-23)13-15-26(28)27(25)29/h13,15,19-23H,2-12,14,16-18H2,1H3. The summed E-state index contributed by atoms with van der Waals surface area (Å²) in [4.78, 5) is 0. The first-order valence-electron chi connectivity index (χ1n) is 12.6. The van der Waals surface area contributed by atoms with Gasteiger partial charge in [-0.05, 0) is 98.1 Å². The lowest BCUT2D eigenvalue weighted by atomic mass is 9.61. The molecule has 29 heavy (non-hydrogen) atoms. The molecule has 4 rings (SSSR count). The van der Waals surface area contributed by atoms with Gasteiger partial charge in [0.2, 0.25) is 0 Å². The van der Waals surface area contributed by atoms with Crippen LogP contribution in [-0.2, 0) is 12.8 Å². The minimum atomic E-state index is -0.153. The van der Waals surface area contributed by atoms with Crippen LogP contribution in [0.25, 0.3) is 0 Å². The van der Waals surface area contributed by atoms with Crippen LogP contribution in [0.1, 0.15) is 102 Å². The van der Waals surface area contributed by atoms with E-state index in [0.717, 1.165) is 54.4 Å². The molecule has 2 heteroatoms. The quantitative estimate of drug-likeness (QED) is 0.388. The van der Waals surface area contributed by atoms with E-state index in [1.807, 2.05) is 0 Å². The molecule has 0 radical (unpaired) electrons. The molecule has 0 nitrogen and oxygen atoms in total. The minimum Gasteiger partial charge on any atom is -0.205 e. The highest BCUT2D eigenvalue weighted by molar-refractivity contribution is 6.30. The van der Waals surface area contributed by atoms with Gasteiger partial charge in [-0.2, -0.15) is 0 Å². The summed E-state index contributed by atoms with van der Waals surface area (Å²) < 4.78 is 14.3. The number of rotatable bonds is 7. The molecule has 5 atom stereocenters. The van der Waals surface area contributed by atoms with Gasteiger partial charge in [-0.15, -0.1) is 0 Å². The van der Waals surface area contributed by atoms with Crippen LogP contribution in [0, 0.1) is 35.4 Å². The normalized spacial score (nSPS) is 31.9. The number of fused-ring (bicyclic) bond motifs is 2. The molecule has 0 aliphatic heterocycles. The van der Waals surface area contributed by atoms with Gasteiger partial charge in [0.05, 0.1) is 5.02 Å².